The minimum Gasteiger partial charge on any atom is -0.461 e. The molecule has 160 valence electrons. The quantitative estimate of drug-likeness (QED) is 0.288. The first kappa shape index (κ1) is 21.8. The van der Waals surface area contributed by atoms with Crippen molar-refractivity contribution in [2.75, 3.05) is 38.1 Å². The highest BCUT2D eigenvalue weighted by atomic mass is 127. The summed E-state index contributed by atoms with van der Waals surface area (Å²) >= 11 is 0. The van der Waals surface area contributed by atoms with Gasteiger partial charge in [0.25, 0.3) is 0 Å². The van der Waals surface area contributed by atoms with Gasteiger partial charge < -0.3 is 19.5 Å². The van der Waals surface area contributed by atoms with Crippen molar-refractivity contribution in [2.45, 2.75) is 6.42 Å². The number of anilines is 1. The Hall–Kier alpha value is -2.90. The zero-order valence-electron chi connectivity index (χ0n) is 16.8. The van der Waals surface area contributed by atoms with Crippen LogP contribution < -0.4 is 10.2 Å². The minimum absolute atomic E-state index is 0. The number of aryl methyl sites for hydroxylation is 1. The van der Waals surface area contributed by atoms with Crippen molar-refractivity contribution in [1.82, 2.24) is 35.2 Å². The van der Waals surface area contributed by atoms with Crippen molar-refractivity contribution in [2.24, 2.45) is 12.0 Å². The van der Waals surface area contributed by atoms with E-state index in [0.717, 1.165) is 11.5 Å². The number of aliphatic imine (C=N–C) groups is 1. The predicted molar refractivity (Wildman–Crippen MR) is 122 cm³/mol. The number of hydrogen-bond acceptors (Lipinski definition) is 6. The third kappa shape index (κ3) is 4.80. The molecular weight excluding hydrogens is 501 g/mol. The number of halogens is 1. The molecule has 0 aromatic carbocycles. The number of furan rings is 1. The number of nitrogens with zero attached hydrogens (tertiary/aromatic N) is 7. The number of guanidine groups is 1. The second-order valence-electron chi connectivity index (χ2n) is 6.65. The maximum Gasteiger partial charge on any atom is 0.246 e. The number of nitrogens with one attached hydrogen (secondary N) is 2. The first-order chi connectivity index (χ1) is 14.1. The Morgan fingerprint density at radius 1 is 1.40 bits per heavy atom. The van der Waals surface area contributed by atoms with Gasteiger partial charge in [-0.15, -0.1) is 24.0 Å². The summed E-state index contributed by atoms with van der Waals surface area (Å²) in [7, 11) is 3.55. The minimum atomic E-state index is 0. The van der Waals surface area contributed by atoms with Crippen LogP contribution in [-0.4, -0.2) is 75.0 Å². The van der Waals surface area contributed by atoms with E-state index in [-0.39, 0.29) is 36.4 Å². The maximum atomic E-state index is 12.6. The molecule has 0 unspecified atom stereocenters. The zero-order chi connectivity index (χ0) is 20.2. The Morgan fingerprint density at radius 2 is 2.27 bits per heavy atom. The van der Waals surface area contributed by atoms with Crippen molar-refractivity contribution in [1.29, 1.82) is 0 Å². The molecule has 2 N–H and O–H groups in total. The highest BCUT2D eigenvalue weighted by Crippen LogP contribution is 2.16. The Morgan fingerprint density at radius 3 is 2.93 bits per heavy atom. The Labute approximate surface area is 190 Å². The molecule has 11 nitrogen and oxygen atoms in total. The molecule has 4 rings (SSSR count). The third-order valence-electron chi connectivity index (χ3n) is 4.65. The van der Waals surface area contributed by atoms with Gasteiger partial charge in [-0.1, -0.05) is 0 Å². The van der Waals surface area contributed by atoms with E-state index in [1.165, 1.54) is 0 Å². The van der Waals surface area contributed by atoms with Crippen LogP contribution in [0.2, 0.25) is 0 Å². The van der Waals surface area contributed by atoms with E-state index in [4.69, 9.17) is 4.42 Å². The second kappa shape index (κ2) is 9.73. The fourth-order valence-corrected chi connectivity index (χ4v) is 3.22. The lowest BCUT2D eigenvalue weighted by atomic mass is 10.3. The number of H-pyrrole nitrogens is 1. The summed E-state index contributed by atoms with van der Waals surface area (Å²) in [6, 6.07) is 3.61. The molecule has 0 atom stereocenters. The molecule has 1 saturated heterocycles. The molecule has 30 heavy (non-hydrogen) atoms. The number of amides is 1. The summed E-state index contributed by atoms with van der Waals surface area (Å²) in [5.41, 5.74) is 0.817. The Bertz CT molecular complexity index is 995. The summed E-state index contributed by atoms with van der Waals surface area (Å²) < 4.78 is 6.99. The fraction of sp³-hybridized carbons (Fsp3) is 0.389. The van der Waals surface area contributed by atoms with E-state index in [2.05, 4.69) is 30.6 Å². The maximum absolute atomic E-state index is 12.6. The molecule has 4 heterocycles. The molecule has 1 aliphatic rings. The van der Waals surface area contributed by atoms with Crippen LogP contribution in [0.3, 0.4) is 0 Å². The van der Waals surface area contributed by atoms with Crippen molar-refractivity contribution in [3.8, 4) is 11.6 Å². The molecule has 0 bridgehead atoms. The van der Waals surface area contributed by atoms with Gasteiger partial charge in [-0.25, -0.2) is 4.98 Å². The van der Waals surface area contributed by atoms with Gasteiger partial charge in [-0.2, -0.15) is 10.2 Å². The molecule has 1 fully saturated rings. The van der Waals surface area contributed by atoms with Crippen LogP contribution in [0.5, 0.6) is 0 Å². The van der Waals surface area contributed by atoms with E-state index >= 15 is 0 Å². The Kier molecular flexibility index (Phi) is 7.07. The topological polar surface area (TPSA) is 120 Å². The van der Waals surface area contributed by atoms with Crippen molar-refractivity contribution >= 4 is 41.5 Å². The number of aromatic amines is 1. The van der Waals surface area contributed by atoms with Crippen LogP contribution in [0.15, 0.2) is 40.2 Å². The standard InChI is InChI=1S/C18H23N9O2.HI/c1-19-18(20-6-5-15-22-17(24-23-15)14-4-3-9-29-14)26-7-8-27(16(28)12-26)13-10-21-25(2)11-13;/h3-4,9-11H,5-8,12H2,1-2H3,(H,19,20)(H,22,23,24);1H. The Balaban J connectivity index is 0.00000256. The molecule has 1 aliphatic heterocycles. The van der Waals surface area contributed by atoms with Gasteiger partial charge in [0.05, 0.1) is 18.1 Å². The van der Waals surface area contributed by atoms with Crippen LogP contribution in [-0.2, 0) is 18.3 Å². The molecule has 0 aliphatic carbocycles. The van der Waals surface area contributed by atoms with Crippen molar-refractivity contribution in [3.63, 3.8) is 0 Å². The summed E-state index contributed by atoms with van der Waals surface area (Å²) in [4.78, 5) is 25.0. The highest BCUT2D eigenvalue weighted by molar-refractivity contribution is 14.0. The van der Waals surface area contributed by atoms with E-state index in [9.17, 15) is 4.79 Å². The largest absolute Gasteiger partial charge is 0.461 e. The summed E-state index contributed by atoms with van der Waals surface area (Å²) in [6.45, 7) is 2.14. The average molecular weight is 525 g/mol. The van der Waals surface area contributed by atoms with Crippen molar-refractivity contribution < 1.29 is 9.21 Å². The third-order valence-corrected chi connectivity index (χ3v) is 4.65. The first-order valence-corrected chi connectivity index (χ1v) is 9.34. The zero-order valence-corrected chi connectivity index (χ0v) is 19.1. The molecular formula is C18H24IN9O2. The smallest absolute Gasteiger partial charge is 0.246 e. The lowest BCUT2D eigenvalue weighted by molar-refractivity contribution is -0.120. The summed E-state index contributed by atoms with van der Waals surface area (Å²) in [5.74, 6) is 2.62. The van der Waals surface area contributed by atoms with Crippen LogP contribution in [0.25, 0.3) is 11.6 Å². The number of piperazine rings is 1. The van der Waals surface area contributed by atoms with Crippen LogP contribution in [0.4, 0.5) is 5.69 Å². The second-order valence-corrected chi connectivity index (χ2v) is 6.65. The van der Waals surface area contributed by atoms with Crippen molar-refractivity contribution in [3.05, 3.63) is 36.6 Å². The molecule has 1 amide bonds. The van der Waals surface area contributed by atoms with Crippen LogP contribution in [0.1, 0.15) is 5.82 Å². The molecule has 3 aromatic rings. The predicted octanol–water partition coefficient (Wildman–Crippen LogP) is 0.883. The molecule has 0 spiro atoms. The number of rotatable bonds is 5. The number of carbonyl (C=O) groups is 1. The van der Waals surface area contributed by atoms with E-state index < -0.39 is 0 Å². The van der Waals surface area contributed by atoms with Gasteiger partial charge in [0.15, 0.2) is 11.7 Å². The average Bonchev–Trinajstić information content (AvgIpc) is 3.47. The fourth-order valence-electron chi connectivity index (χ4n) is 3.22. The SMILES string of the molecule is CN=C(NCCc1nc(-c2ccco2)n[nH]1)N1CCN(c2cnn(C)c2)C(=O)C1.I. The number of hydrogen-bond donors (Lipinski definition) is 2. The van der Waals surface area contributed by atoms with Gasteiger partial charge in [0, 0.05) is 46.3 Å². The van der Waals surface area contributed by atoms with Gasteiger partial charge >= 0.3 is 0 Å². The van der Waals surface area contributed by atoms with E-state index in [1.807, 2.05) is 24.2 Å². The summed E-state index contributed by atoms with van der Waals surface area (Å²) in [6.07, 6.45) is 5.77. The van der Waals surface area contributed by atoms with Crippen LogP contribution >= 0.6 is 24.0 Å². The number of carbonyl (C=O) groups excluding carboxylic acids is 1. The van der Waals surface area contributed by atoms with Crippen LogP contribution in [0, 0.1) is 0 Å². The van der Waals surface area contributed by atoms with Gasteiger partial charge in [-0.05, 0) is 12.1 Å². The molecule has 3 aromatic heterocycles. The lowest BCUT2D eigenvalue weighted by Crippen LogP contribution is -2.55. The van der Waals surface area contributed by atoms with Gasteiger partial charge in [0.2, 0.25) is 11.7 Å². The monoisotopic (exact) mass is 525 g/mol. The lowest BCUT2D eigenvalue weighted by Gasteiger charge is -2.35. The molecule has 0 saturated carbocycles. The normalized spacial score (nSPS) is 14.7. The van der Waals surface area contributed by atoms with Gasteiger partial charge in [0.1, 0.15) is 12.4 Å². The van der Waals surface area contributed by atoms with E-state index in [1.54, 1.807) is 35.2 Å². The molecule has 12 heteroatoms. The number of aromatic nitrogens is 5. The molecule has 0 radical (unpaired) electrons. The van der Waals surface area contributed by atoms with Gasteiger partial charge in [-0.3, -0.25) is 19.6 Å². The summed E-state index contributed by atoms with van der Waals surface area (Å²) in [5, 5.41) is 14.5. The highest BCUT2D eigenvalue weighted by Gasteiger charge is 2.27. The van der Waals surface area contributed by atoms with E-state index in [0.29, 0.717) is 43.6 Å². The first-order valence-electron chi connectivity index (χ1n) is 9.34.